The molecule has 0 aliphatic heterocycles. The van der Waals surface area contributed by atoms with E-state index in [1.54, 1.807) is 6.07 Å². The first-order valence-corrected chi connectivity index (χ1v) is 5.64. The predicted octanol–water partition coefficient (Wildman–Crippen LogP) is 2.84. The van der Waals surface area contributed by atoms with Gasteiger partial charge in [-0.05, 0) is 26.8 Å². The third-order valence-corrected chi connectivity index (χ3v) is 4.27. The van der Waals surface area contributed by atoms with E-state index in [9.17, 15) is 10.1 Å². The molecule has 17 heavy (non-hydrogen) atoms. The first-order chi connectivity index (χ1) is 7.76. The molecule has 1 heterocycles. The molecule has 2 rings (SSSR count). The summed E-state index contributed by atoms with van der Waals surface area (Å²) in [5.41, 5.74) is 1.29. The number of rotatable bonds is 3. The standard InChI is InChI=1S/C12H17N3O2/c1-11(2)10(12(11,3)4)14-8-5-6-9(13-7-8)15(16)17/h5-7,10,14H,1-4H3. The molecule has 0 unspecified atom stereocenters. The number of aromatic nitrogens is 1. The topological polar surface area (TPSA) is 68.1 Å². The Morgan fingerprint density at radius 3 is 2.24 bits per heavy atom. The lowest BCUT2D eigenvalue weighted by molar-refractivity contribution is -0.389. The molecule has 0 amide bonds. The Balaban J connectivity index is 2.09. The molecule has 0 radical (unpaired) electrons. The van der Waals surface area contributed by atoms with Crippen molar-refractivity contribution in [2.75, 3.05) is 5.32 Å². The molecule has 0 bridgehead atoms. The Morgan fingerprint density at radius 1 is 1.29 bits per heavy atom. The van der Waals surface area contributed by atoms with Gasteiger partial charge in [0.15, 0.2) is 6.20 Å². The van der Waals surface area contributed by atoms with Crippen LogP contribution in [-0.2, 0) is 0 Å². The number of hydrogen-bond donors (Lipinski definition) is 1. The van der Waals surface area contributed by atoms with Gasteiger partial charge in [-0.2, -0.15) is 0 Å². The second-order valence-electron chi connectivity index (χ2n) is 5.68. The molecule has 1 fully saturated rings. The van der Waals surface area contributed by atoms with Gasteiger partial charge in [-0.25, -0.2) is 0 Å². The molecule has 0 aromatic carbocycles. The summed E-state index contributed by atoms with van der Waals surface area (Å²) in [7, 11) is 0. The fraction of sp³-hybridized carbons (Fsp3) is 0.583. The van der Waals surface area contributed by atoms with Crippen LogP contribution in [0.1, 0.15) is 27.7 Å². The lowest BCUT2D eigenvalue weighted by Crippen LogP contribution is -2.10. The number of pyridine rings is 1. The first-order valence-electron chi connectivity index (χ1n) is 5.64. The van der Waals surface area contributed by atoms with Gasteiger partial charge in [0.2, 0.25) is 0 Å². The van der Waals surface area contributed by atoms with Crippen LogP contribution in [-0.4, -0.2) is 15.9 Å². The zero-order valence-electron chi connectivity index (χ0n) is 10.5. The van der Waals surface area contributed by atoms with Gasteiger partial charge in [0.25, 0.3) is 0 Å². The van der Waals surface area contributed by atoms with Crippen molar-refractivity contribution in [3.63, 3.8) is 0 Å². The van der Waals surface area contributed by atoms with E-state index in [4.69, 9.17) is 0 Å². The van der Waals surface area contributed by atoms with E-state index in [0.29, 0.717) is 6.04 Å². The van der Waals surface area contributed by atoms with Crippen LogP contribution >= 0.6 is 0 Å². The molecule has 5 nitrogen and oxygen atoms in total. The van der Waals surface area contributed by atoms with Crippen LogP contribution in [0.15, 0.2) is 18.3 Å². The van der Waals surface area contributed by atoms with E-state index < -0.39 is 4.92 Å². The number of hydrogen-bond acceptors (Lipinski definition) is 4. The highest BCUT2D eigenvalue weighted by Gasteiger charge is 2.64. The second kappa shape index (κ2) is 3.42. The monoisotopic (exact) mass is 235 g/mol. The van der Waals surface area contributed by atoms with Gasteiger partial charge in [-0.1, -0.05) is 27.7 Å². The van der Waals surface area contributed by atoms with Gasteiger partial charge in [0.05, 0.1) is 5.69 Å². The maximum Gasteiger partial charge on any atom is 0.363 e. The first kappa shape index (κ1) is 11.8. The molecular formula is C12H17N3O2. The molecule has 1 aliphatic carbocycles. The third-order valence-electron chi connectivity index (χ3n) is 4.27. The summed E-state index contributed by atoms with van der Waals surface area (Å²) in [6.45, 7) is 8.85. The number of nitro groups is 1. The van der Waals surface area contributed by atoms with Gasteiger partial charge in [0, 0.05) is 12.1 Å². The molecule has 92 valence electrons. The Kier molecular flexibility index (Phi) is 2.38. The number of anilines is 1. The molecule has 1 aromatic heterocycles. The van der Waals surface area contributed by atoms with E-state index in [2.05, 4.69) is 38.0 Å². The van der Waals surface area contributed by atoms with Crippen molar-refractivity contribution in [1.29, 1.82) is 0 Å². The number of nitrogens with one attached hydrogen (secondary N) is 1. The van der Waals surface area contributed by atoms with E-state index in [-0.39, 0.29) is 16.6 Å². The van der Waals surface area contributed by atoms with E-state index in [1.165, 1.54) is 12.3 Å². The molecule has 1 aliphatic rings. The summed E-state index contributed by atoms with van der Waals surface area (Å²) in [6, 6.07) is 3.50. The highest BCUT2D eigenvalue weighted by atomic mass is 16.6. The minimum absolute atomic E-state index is 0.120. The minimum Gasteiger partial charge on any atom is -0.378 e. The second-order valence-corrected chi connectivity index (χ2v) is 5.68. The van der Waals surface area contributed by atoms with Crippen molar-refractivity contribution in [3.05, 3.63) is 28.4 Å². The zero-order chi connectivity index (χ0) is 12.8. The summed E-state index contributed by atoms with van der Waals surface area (Å²) in [5, 5.41) is 13.9. The van der Waals surface area contributed by atoms with Gasteiger partial charge < -0.3 is 15.4 Å². The highest BCUT2D eigenvalue weighted by molar-refractivity contribution is 5.48. The molecule has 0 spiro atoms. The van der Waals surface area contributed by atoms with Crippen LogP contribution in [0, 0.1) is 20.9 Å². The van der Waals surface area contributed by atoms with Gasteiger partial charge in [-0.3, -0.25) is 0 Å². The Morgan fingerprint density at radius 2 is 1.88 bits per heavy atom. The van der Waals surface area contributed by atoms with Crippen LogP contribution in [0.3, 0.4) is 0 Å². The predicted molar refractivity (Wildman–Crippen MR) is 65.9 cm³/mol. The van der Waals surface area contributed by atoms with E-state index >= 15 is 0 Å². The quantitative estimate of drug-likeness (QED) is 0.646. The molecular weight excluding hydrogens is 218 g/mol. The summed E-state index contributed by atoms with van der Waals surface area (Å²) in [4.78, 5) is 13.8. The van der Waals surface area contributed by atoms with Crippen molar-refractivity contribution < 1.29 is 4.92 Å². The lowest BCUT2D eigenvalue weighted by atomic mass is 10.0. The van der Waals surface area contributed by atoms with Gasteiger partial charge in [-0.15, -0.1) is 0 Å². The zero-order valence-corrected chi connectivity index (χ0v) is 10.5. The molecule has 0 saturated heterocycles. The third kappa shape index (κ3) is 1.75. The SMILES string of the molecule is CC1(C)C(Nc2ccc([N+](=O)[O-])nc2)C1(C)C. The van der Waals surface area contributed by atoms with Crippen molar-refractivity contribution >= 4 is 11.5 Å². The highest BCUT2D eigenvalue weighted by Crippen LogP contribution is 2.63. The average Bonchev–Trinajstić information content (AvgIpc) is 2.62. The maximum absolute atomic E-state index is 10.5. The molecule has 1 aromatic rings. The summed E-state index contributed by atoms with van der Waals surface area (Å²) in [5.74, 6) is -0.120. The molecule has 0 atom stereocenters. The average molecular weight is 235 g/mol. The Hall–Kier alpha value is -1.65. The fourth-order valence-electron chi connectivity index (χ4n) is 2.30. The lowest BCUT2D eigenvalue weighted by Gasteiger charge is -2.05. The molecule has 1 N–H and O–H groups in total. The van der Waals surface area contributed by atoms with Crippen molar-refractivity contribution in [3.8, 4) is 0 Å². The normalized spacial score (nSPS) is 20.9. The van der Waals surface area contributed by atoms with Crippen LogP contribution in [0.25, 0.3) is 0 Å². The summed E-state index contributed by atoms with van der Waals surface area (Å²) >= 11 is 0. The Bertz CT molecular complexity index is 437. The maximum atomic E-state index is 10.5. The smallest absolute Gasteiger partial charge is 0.363 e. The molecule has 1 saturated carbocycles. The Labute approximate surface area is 100 Å². The fourth-order valence-corrected chi connectivity index (χ4v) is 2.30. The van der Waals surface area contributed by atoms with E-state index in [0.717, 1.165) is 5.69 Å². The number of nitrogens with zero attached hydrogens (tertiary/aromatic N) is 2. The van der Waals surface area contributed by atoms with Crippen molar-refractivity contribution in [2.45, 2.75) is 33.7 Å². The van der Waals surface area contributed by atoms with Gasteiger partial charge >= 0.3 is 5.82 Å². The largest absolute Gasteiger partial charge is 0.378 e. The van der Waals surface area contributed by atoms with Gasteiger partial charge in [0.1, 0.15) is 0 Å². The summed E-state index contributed by atoms with van der Waals surface area (Å²) < 4.78 is 0. The van der Waals surface area contributed by atoms with Crippen molar-refractivity contribution in [1.82, 2.24) is 4.98 Å². The van der Waals surface area contributed by atoms with Crippen LogP contribution in [0.4, 0.5) is 11.5 Å². The van der Waals surface area contributed by atoms with Crippen LogP contribution < -0.4 is 5.32 Å². The van der Waals surface area contributed by atoms with Crippen molar-refractivity contribution in [2.24, 2.45) is 10.8 Å². The molecule has 5 heteroatoms. The summed E-state index contributed by atoms with van der Waals surface area (Å²) in [6.07, 6.45) is 1.52. The van der Waals surface area contributed by atoms with Crippen LogP contribution in [0.2, 0.25) is 0 Å². The van der Waals surface area contributed by atoms with E-state index in [1.807, 2.05) is 0 Å². The van der Waals surface area contributed by atoms with Crippen LogP contribution in [0.5, 0.6) is 0 Å². The minimum atomic E-state index is -0.491.